The molecule has 0 aliphatic rings. The molecule has 19 heavy (non-hydrogen) atoms. The van der Waals surface area contributed by atoms with E-state index in [-0.39, 0.29) is 18.2 Å². The van der Waals surface area contributed by atoms with Crippen molar-refractivity contribution in [3.05, 3.63) is 30.1 Å². The molecule has 5 heteroatoms. The standard InChI is InChI=1S/C14H21N3O2/c1-3-7-16-13(18)11-14(19)17(2)10-6-12-4-8-15-9-5-12/h4-5,8-9H,3,6-7,10-11H2,1-2H3,(H,16,18). The van der Waals surface area contributed by atoms with E-state index in [2.05, 4.69) is 10.3 Å². The highest BCUT2D eigenvalue weighted by Gasteiger charge is 2.13. The fraction of sp³-hybridized carbons (Fsp3) is 0.500. The molecule has 0 spiro atoms. The average molecular weight is 263 g/mol. The SMILES string of the molecule is CCCNC(=O)CC(=O)N(C)CCc1ccncc1. The second kappa shape index (κ2) is 8.24. The van der Waals surface area contributed by atoms with Crippen LogP contribution in [0, 0.1) is 0 Å². The molecule has 104 valence electrons. The Labute approximate surface area is 114 Å². The first-order valence-electron chi connectivity index (χ1n) is 6.53. The Hall–Kier alpha value is -1.91. The Morgan fingerprint density at radius 1 is 1.32 bits per heavy atom. The summed E-state index contributed by atoms with van der Waals surface area (Å²) in [5.41, 5.74) is 1.13. The van der Waals surface area contributed by atoms with Crippen molar-refractivity contribution in [1.29, 1.82) is 0 Å². The topological polar surface area (TPSA) is 62.3 Å². The van der Waals surface area contributed by atoms with Crippen LogP contribution < -0.4 is 5.32 Å². The molecule has 0 saturated heterocycles. The third kappa shape index (κ3) is 5.99. The van der Waals surface area contributed by atoms with Gasteiger partial charge in [0, 0.05) is 32.5 Å². The van der Waals surface area contributed by atoms with Crippen molar-refractivity contribution in [2.45, 2.75) is 26.2 Å². The van der Waals surface area contributed by atoms with Crippen molar-refractivity contribution < 1.29 is 9.59 Å². The number of rotatable bonds is 7. The number of pyridine rings is 1. The zero-order chi connectivity index (χ0) is 14.1. The van der Waals surface area contributed by atoms with Crippen molar-refractivity contribution in [2.75, 3.05) is 20.1 Å². The van der Waals surface area contributed by atoms with Gasteiger partial charge < -0.3 is 10.2 Å². The van der Waals surface area contributed by atoms with Crippen LogP contribution in [0.25, 0.3) is 0 Å². The van der Waals surface area contributed by atoms with Crippen LogP contribution in [0.3, 0.4) is 0 Å². The lowest BCUT2D eigenvalue weighted by Gasteiger charge is -2.16. The molecular formula is C14H21N3O2. The Kier molecular flexibility index (Phi) is 6.57. The number of hydrogen-bond donors (Lipinski definition) is 1. The summed E-state index contributed by atoms with van der Waals surface area (Å²) in [4.78, 5) is 28.7. The number of amides is 2. The number of likely N-dealkylation sites (N-methyl/N-ethyl adjacent to an activating group) is 1. The van der Waals surface area contributed by atoms with Gasteiger partial charge in [-0.25, -0.2) is 0 Å². The lowest BCUT2D eigenvalue weighted by atomic mass is 10.2. The Morgan fingerprint density at radius 3 is 2.63 bits per heavy atom. The van der Waals surface area contributed by atoms with Crippen LogP contribution in [0.4, 0.5) is 0 Å². The maximum atomic E-state index is 11.8. The monoisotopic (exact) mass is 263 g/mol. The second-order valence-electron chi connectivity index (χ2n) is 4.45. The molecule has 0 radical (unpaired) electrons. The highest BCUT2D eigenvalue weighted by atomic mass is 16.2. The smallest absolute Gasteiger partial charge is 0.231 e. The molecule has 1 N–H and O–H groups in total. The molecule has 0 aliphatic heterocycles. The Bertz CT molecular complexity index is 406. The number of nitrogens with zero attached hydrogens (tertiary/aromatic N) is 2. The minimum Gasteiger partial charge on any atom is -0.356 e. The predicted octanol–water partition coefficient (Wildman–Crippen LogP) is 0.999. The highest BCUT2D eigenvalue weighted by Crippen LogP contribution is 2.00. The number of carbonyl (C=O) groups excluding carboxylic acids is 2. The van der Waals surface area contributed by atoms with E-state index in [1.54, 1.807) is 24.3 Å². The summed E-state index contributed by atoms with van der Waals surface area (Å²) in [6.45, 7) is 3.19. The van der Waals surface area contributed by atoms with Crippen LogP contribution in [0.15, 0.2) is 24.5 Å². The zero-order valence-corrected chi connectivity index (χ0v) is 11.6. The molecule has 1 aromatic heterocycles. The van der Waals surface area contributed by atoms with Gasteiger partial charge in [-0.15, -0.1) is 0 Å². The van der Waals surface area contributed by atoms with Gasteiger partial charge in [-0.3, -0.25) is 14.6 Å². The molecule has 0 aliphatic carbocycles. The summed E-state index contributed by atoms with van der Waals surface area (Å²) in [7, 11) is 1.72. The van der Waals surface area contributed by atoms with Gasteiger partial charge in [0.1, 0.15) is 6.42 Å². The molecule has 0 aromatic carbocycles. The van der Waals surface area contributed by atoms with Gasteiger partial charge in [-0.05, 0) is 30.5 Å². The average Bonchev–Trinajstić information content (AvgIpc) is 2.43. The molecule has 0 fully saturated rings. The van der Waals surface area contributed by atoms with Gasteiger partial charge in [0.25, 0.3) is 0 Å². The number of carbonyl (C=O) groups is 2. The van der Waals surface area contributed by atoms with E-state index in [1.807, 2.05) is 19.1 Å². The van der Waals surface area contributed by atoms with Gasteiger partial charge in [-0.1, -0.05) is 6.92 Å². The van der Waals surface area contributed by atoms with E-state index in [4.69, 9.17) is 0 Å². The Morgan fingerprint density at radius 2 is 2.00 bits per heavy atom. The van der Waals surface area contributed by atoms with E-state index in [9.17, 15) is 9.59 Å². The summed E-state index contributed by atoms with van der Waals surface area (Å²) >= 11 is 0. The largest absolute Gasteiger partial charge is 0.356 e. The fourth-order valence-corrected chi connectivity index (χ4v) is 1.57. The second-order valence-corrected chi connectivity index (χ2v) is 4.45. The van der Waals surface area contributed by atoms with Gasteiger partial charge >= 0.3 is 0 Å². The van der Waals surface area contributed by atoms with Crippen LogP contribution in [-0.4, -0.2) is 41.8 Å². The first-order valence-corrected chi connectivity index (χ1v) is 6.53. The number of nitrogens with one attached hydrogen (secondary N) is 1. The normalized spacial score (nSPS) is 10.0. The van der Waals surface area contributed by atoms with Crippen LogP contribution >= 0.6 is 0 Å². The Balaban J connectivity index is 2.30. The van der Waals surface area contributed by atoms with Crippen LogP contribution in [-0.2, 0) is 16.0 Å². The van der Waals surface area contributed by atoms with Crippen molar-refractivity contribution in [3.63, 3.8) is 0 Å². The molecule has 2 amide bonds. The summed E-state index contributed by atoms with van der Waals surface area (Å²) in [5.74, 6) is -0.356. The molecule has 1 rings (SSSR count). The molecule has 1 aromatic rings. The quantitative estimate of drug-likeness (QED) is 0.746. The van der Waals surface area contributed by atoms with Gasteiger partial charge in [0.15, 0.2) is 0 Å². The van der Waals surface area contributed by atoms with Crippen LogP contribution in [0.2, 0.25) is 0 Å². The van der Waals surface area contributed by atoms with Crippen molar-refractivity contribution in [3.8, 4) is 0 Å². The maximum Gasteiger partial charge on any atom is 0.231 e. The number of aromatic nitrogens is 1. The first kappa shape index (κ1) is 15.1. The summed E-state index contributed by atoms with van der Waals surface area (Å²) in [5, 5.41) is 2.70. The molecule has 0 saturated carbocycles. The van der Waals surface area contributed by atoms with E-state index in [0.717, 1.165) is 18.4 Å². The van der Waals surface area contributed by atoms with E-state index in [1.165, 1.54) is 0 Å². The fourth-order valence-electron chi connectivity index (χ4n) is 1.57. The maximum absolute atomic E-state index is 11.8. The van der Waals surface area contributed by atoms with Gasteiger partial charge in [0.05, 0.1) is 0 Å². The molecular weight excluding hydrogens is 242 g/mol. The van der Waals surface area contributed by atoms with Crippen LogP contribution in [0.1, 0.15) is 25.3 Å². The van der Waals surface area contributed by atoms with Gasteiger partial charge in [0.2, 0.25) is 11.8 Å². The highest BCUT2D eigenvalue weighted by molar-refractivity contribution is 5.96. The third-order valence-corrected chi connectivity index (χ3v) is 2.79. The van der Waals surface area contributed by atoms with E-state index in [0.29, 0.717) is 13.1 Å². The molecule has 0 bridgehead atoms. The minimum atomic E-state index is -0.206. The summed E-state index contributed by atoms with van der Waals surface area (Å²) in [6, 6.07) is 3.85. The van der Waals surface area contributed by atoms with E-state index >= 15 is 0 Å². The van der Waals surface area contributed by atoms with Crippen molar-refractivity contribution in [2.24, 2.45) is 0 Å². The van der Waals surface area contributed by atoms with Gasteiger partial charge in [-0.2, -0.15) is 0 Å². The lowest BCUT2D eigenvalue weighted by molar-refractivity contribution is -0.135. The van der Waals surface area contributed by atoms with E-state index < -0.39 is 0 Å². The lowest BCUT2D eigenvalue weighted by Crippen LogP contribution is -2.34. The third-order valence-electron chi connectivity index (χ3n) is 2.79. The zero-order valence-electron chi connectivity index (χ0n) is 11.6. The number of hydrogen-bond acceptors (Lipinski definition) is 3. The summed E-state index contributed by atoms with van der Waals surface area (Å²) in [6.07, 6.45) is 5.02. The van der Waals surface area contributed by atoms with Crippen LogP contribution in [0.5, 0.6) is 0 Å². The van der Waals surface area contributed by atoms with Crippen molar-refractivity contribution >= 4 is 11.8 Å². The summed E-state index contributed by atoms with van der Waals surface area (Å²) < 4.78 is 0. The predicted molar refractivity (Wildman–Crippen MR) is 73.5 cm³/mol. The van der Waals surface area contributed by atoms with Crippen molar-refractivity contribution in [1.82, 2.24) is 15.2 Å². The molecule has 0 unspecified atom stereocenters. The molecule has 1 heterocycles. The minimum absolute atomic E-state index is 0.0765. The molecule has 5 nitrogen and oxygen atoms in total. The first-order chi connectivity index (χ1) is 9.13. The molecule has 0 atom stereocenters.